The predicted octanol–water partition coefficient (Wildman–Crippen LogP) is 1.64. The van der Waals surface area contributed by atoms with Gasteiger partial charge in [0.2, 0.25) is 0 Å². The molecule has 0 saturated heterocycles. The highest BCUT2D eigenvalue weighted by Crippen LogP contribution is 2.13. The van der Waals surface area contributed by atoms with E-state index in [-0.39, 0.29) is 24.0 Å². The van der Waals surface area contributed by atoms with E-state index in [0.717, 1.165) is 23.8 Å². The Labute approximate surface area is 149 Å². The smallest absolute Gasteiger partial charge is 0.191 e. The number of rotatable bonds is 9. The molecular formula is C15H26IN3O3. The number of hydrogen-bond acceptors (Lipinski definition) is 4. The lowest BCUT2D eigenvalue weighted by atomic mass is 10.2. The molecule has 0 aliphatic heterocycles. The van der Waals surface area contributed by atoms with Crippen molar-refractivity contribution in [3.05, 3.63) is 29.8 Å². The third-order valence-corrected chi connectivity index (χ3v) is 2.74. The summed E-state index contributed by atoms with van der Waals surface area (Å²) in [6.45, 7) is 3.17. The van der Waals surface area contributed by atoms with Crippen LogP contribution in [0.5, 0.6) is 5.75 Å². The van der Waals surface area contributed by atoms with E-state index >= 15 is 0 Å². The molecule has 0 radical (unpaired) electrons. The maximum absolute atomic E-state index is 5.58. The molecule has 0 fully saturated rings. The van der Waals surface area contributed by atoms with Crippen molar-refractivity contribution in [3.63, 3.8) is 0 Å². The maximum Gasteiger partial charge on any atom is 0.191 e. The van der Waals surface area contributed by atoms with Crippen LogP contribution in [0.1, 0.15) is 5.56 Å². The number of methoxy groups -OCH3 is 2. The normalized spacial score (nSPS) is 10.8. The van der Waals surface area contributed by atoms with E-state index in [1.165, 1.54) is 0 Å². The number of aliphatic imine (C=N–C) groups is 1. The average molecular weight is 423 g/mol. The van der Waals surface area contributed by atoms with Gasteiger partial charge in [-0.2, -0.15) is 0 Å². The summed E-state index contributed by atoms with van der Waals surface area (Å²) in [4.78, 5) is 4.15. The third kappa shape index (κ3) is 9.06. The molecule has 0 aliphatic carbocycles. The summed E-state index contributed by atoms with van der Waals surface area (Å²) in [6.07, 6.45) is 0. The molecular weight excluding hydrogens is 397 g/mol. The van der Waals surface area contributed by atoms with E-state index in [0.29, 0.717) is 26.4 Å². The summed E-state index contributed by atoms with van der Waals surface area (Å²) < 4.78 is 15.5. The van der Waals surface area contributed by atoms with Crippen LogP contribution < -0.4 is 15.4 Å². The maximum atomic E-state index is 5.58. The Morgan fingerprint density at radius 3 is 2.55 bits per heavy atom. The van der Waals surface area contributed by atoms with Gasteiger partial charge in [-0.1, -0.05) is 12.1 Å². The second-order valence-electron chi connectivity index (χ2n) is 4.33. The van der Waals surface area contributed by atoms with Crippen LogP contribution in [0.15, 0.2) is 29.3 Å². The van der Waals surface area contributed by atoms with Crippen LogP contribution in [0.4, 0.5) is 0 Å². The molecule has 0 unspecified atom stereocenters. The topological polar surface area (TPSA) is 64.1 Å². The van der Waals surface area contributed by atoms with Crippen LogP contribution in [0, 0.1) is 0 Å². The zero-order valence-electron chi connectivity index (χ0n) is 13.4. The van der Waals surface area contributed by atoms with Crippen LogP contribution in [0.25, 0.3) is 0 Å². The summed E-state index contributed by atoms with van der Waals surface area (Å²) in [6, 6.07) is 7.95. The average Bonchev–Trinajstić information content (AvgIpc) is 2.51. The van der Waals surface area contributed by atoms with Crippen LogP contribution in [-0.2, 0) is 16.0 Å². The Morgan fingerprint density at radius 2 is 1.86 bits per heavy atom. The third-order valence-electron chi connectivity index (χ3n) is 2.74. The van der Waals surface area contributed by atoms with Gasteiger partial charge in [-0.25, -0.2) is 0 Å². The molecule has 0 aliphatic rings. The highest BCUT2D eigenvalue weighted by molar-refractivity contribution is 14.0. The highest BCUT2D eigenvalue weighted by Gasteiger charge is 2.00. The Bertz CT molecular complexity index is 430. The second-order valence-corrected chi connectivity index (χ2v) is 4.33. The predicted molar refractivity (Wildman–Crippen MR) is 99.3 cm³/mol. The van der Waals surface area contributed by atoms with Crippen molar-refractivity contribution < 1.29 is 14.2 Å². The monoisotopic (exact) mass is 423 g/mol. The molecule has 0 amide bonds. The summed E-state index contributed by atoms with van der Waals surface area (Å²) in [5.74, 6) is 1.59. The SMILES string of the molecule is CN=C(NCCOC)NCc1cccc(OCCOC)c1.I. The van der Waals surface area contributed by atoms with E-state index in [4.69, 9.17) is 14.2 Å². The molecule has 7 heteroatoms. The zero-order valence-corrected chi connectivity index (χ0v) is 15.8. The molecule has 2 N–H and O–H groups in total. The standard InChI is InChI=1S/C15H25N3O3.HI/c1-16-15(17-7-8-19-2)18-12-13-5-4-6-14(11-13)21-10-9-20-3;/h4-6,11H,7-10,12H2,1-3H3,(H2,16,17,18);1H. The fourth-order valence-corrected chi connectivity index (χ4v) is 1.67. The van der Waals surface area contributed by atoms with E-state index in [2.05, 4.69) is 15.6 Å². The van der Waals surface area contributed by atoms with Crippen LogP contribution >= 0.6 is 24.0 Å². The fraction of sp³-hybridized carbons (Fsp3) is 0.533. The van der Waals surface area contributed by atoms with Gasteiger partial charge in [0.1, 0.15) is 12.4 Å². The summed E-state index contributed by atoms with van der Waals surface area (Å²) in [5, 5.41) is 6.41. The summed E-state index contributed by atoms with van der Waals surface area (Å²) in [5.41, 5.74) is 1.12. The minimum absolute atomic E-state index is 0. The van der Waals surface area contributed by atoms with Gasteiger partial charge >= 0.3 is 0 Å². The van der Waals surface area contributed by atoms with Gasteiger partial charge in [-0.15, -0.1) is 24.0 Å². The molecule has 0 saturated carbocycles. The lowest BCUT2D eigenvalue weighted by molar-refractivity contribution is 0.146. The Morgan fingerprint density at radius 1 is 1.09 bits per heavy atom. The molecule has 0 heterocycles. The van der Waals surface area contributed by atoms with Crippen molar-refractivity contribution in [2.24, 2.45) is 4.99 Å². The number of ether oxygens (including phenoxy) is 3. The molecule has 126 valence electrons. The molecule has 6 nitrogen and oxygen atoms in total. The Balaban J connectivity index is 0.00000441. The molecule has 22 heavy (non-hydrogen) atoms. The minimum atomic E-state index is 0. The van der Waals surface area contributed by atoms with Crippen molar-refractivity contribution in [2.45, 2.75) is 6.54 Å². The lowest BCUT2D eigenvalue weighted by Crippen LogP contribution is -2.38. The highest BCUT2D eigenvalue weighted by atomic mass is 127. The van der Waals surface area contributed by atoms with Crippen molar-refractivity contribution in [2.75, 3.05) is 47.6 Å². The van der Waals surface area contributed by atoms with Gasteiger partial charge in [0.25, 0.3) is 0 Å². The molecule has 0 spiro atoms. The Kier molecular flexibility index (Phi) is 12.9. The summed E-state index contributed by atoms with van der Waals surface area (Å²) >= 11 is 0. The zero-order chi connectivity index (χ0) is 15.3. The molecule has 1 aromatic rings. The van der Waals surface area contributed by atoms with Crippen molar-refractivity contribution in [1.82, 2.24) is 10.6 Å². The first-order chi connectivity index (χ1) is 10.3. The molecule has 0 atom stereocenters. The van der Waals surface area contributed by atoms with Gasteiger partial charge < -0.3 is 24.8 Å². The molecule has 1 aromatic carbocycles. The van der Waals surface area contributed by atoms with E-state index in [1.807, 2.05) is 24.3 Å². The summed E-state index contributed by atoms with van der Waals surface area (Å²) in [7, 11) is 5.07. The van der Waals surface area contributed by atoms with Crippen molar-refractivity contribution in [1.29, 1.82) is 0 Å². The molecule has 0 bridgehead atoms. The van der Waals surface area contributed by atoms with Gasteiger partial charge in [0, 0.05) is 34.4 Å². The lowest BCUT2D eigenvalue weighted by Gasteiger charge is -2.12. The number of guanidine groups is 1. The van der Waals surface area contributed by atoms with Gasteiger partial charge in [0.15, 0.2) is 5.96 Å². The number of benzene rings is 1. The molecule has 0 aromatic heterocycles. The van der Waals surface area contributed by atoms with Gasteiger partial charge in [-0.05, 0) is 17.7 Å². The molecule has 1 rings (SSSR count). The fourth-order valence-electron chi connectivity index (χ4n) is 1.67. The number of hydrogen-bond donors (Lipinski definition) is 2. The van der Waals surface area contributed by atoms with Crippen molar-refractivity contribution >= 4 is 29.9 Å². The second kappa shape index (κ2) is 13.6. The minimum Gasteiger partial charge on any atom is -0.491 e. The number of nitrogens with zero attached hydrogens (tertiary/aromatic N) is 1. The van der Waals surface area contributed by atoms with E-state index < -0.39 is 0 Å². The van der Waals surface area contributed by atoms with E-state index in [9.17, 15) is 0 Å². The van der Waals surface area contributed by atoms with Crippen LogP contribution in [-0.4, -0.2) is 53.6 Å². The van der Waals surface area contributed by atoms with Gasteiger partial charge in [0.05, 0.1) is 13.2 Å². The number of nitrogens with one attached hydrogen (secondary N) is 2. The van der Waals surface area contributed by atoms with Crippen LogP contribution in [0.3, 0.4) is 0 Å². The van der Waals surface area contributed by atoms with E-state index in [1.54, 1.807) is 21.3 Å². The first-order valence-electron chi connectivity index (χ1n) is 6.94. The van der Waals surface area contributed by atoms with Gasteiger partial charge in [-0.3, -0.25) is 4.99 Å². The number of halogens is 1. The quantitative estimate of drug-likeness (QED) is 0.274. The van der Waals surface area contributed by atoms with Crippen molar-refractivity contribution in [3.8, 4) is 5.75 Å². The largest absolute Gasteiger partial charge is 0.491 e. The van der Waals surface area contributed by atoms with Crippen LogP contribution in [0.2, 0.25) is 0 Å². The Hall–Kier alpha value is -1.06. The first kappa shape index (κ1) is 20.9. The first-order valence-corrected chi connectivity index (χ1v) is 6.94.